The van der Waals surface area contributed by atoms with Crippen LogP contribution < -0.4 is 0 Å². The smallest absolute Gasteiger partial charge is 0.103 e. The predicted octanol–water partition coefficient (Wildman–Crippen LogP) is 4.57. The first-order valence-corrected chi connectivity index (χ1v) is 9.07. The second-order valence-electron chi connectivity index (χ2n) is 2.72. The van der Waals surface area contributed by atoms with Crippen molar-refractivity contribution < 1.29 is 0 Å². The van der Waals surface area contributed by atoms with Gasteiger partial charge in [-0.1, -0.05) is 12.1 Å². The largest absolute Gasteiger partial charge is 0.253 e. The second kappa shape index (κ2) is 13.9. The summed E-state index contributed by atoms with van der Waals surface area (Å²) in [6, 6.07) is 4.04. The summed E-state index contributed by atoms with van der Waals surface area (Å²) >= 11 is 6.41. The highest BCUT2D eigenvalue weighted by Crippen LogP contribution is 1.91. The molecule has 0 saturated heterocycles. The molecule has 0 saturated carbocycles. The van der Waals surface area contributed by atoms with Gasteiger partial charge in [0.1, 0.15) is 11.0 Å². The summed E-state index contributed by atoms with van der Waals surface area (Å²) in [5.41, 5.74) is 6.94. The SMILES string of the molecule is c1ccsc1.c1cscn1.c1cscn1.c1nncs1. The molecule has 0 aliphatic rings. The van der Waals surface area contributed by atoms with Crippen LogP contribution in [0.2, 0.25) is 0 Å². The monoisotopic (exact) mass is 340 g/mol. The van der Waals surface area contributed by atoms with E-state index >= 15 is 0 Å². The topological polar surface area (TPSA) is 51.6 Å². The Kier molecular flexibility index (Phi) is 11.6. The number of rotatable bonds is 0. The van der Waals surface area contributed by atoms with E-state index in [0.717, 1.165) is 0 Å². The van der Waals surface area contributed by atoms with Crippen molar-refractivity contribution in [1.82, 2.24) is 20.2 Å². The molecule has 0 spiro atoms. The molecule has 0 aliphatic carbocycles. The fourth-order valence-corrected chi connectivity index (χ4v) is 2.14. The van der Waals surface area contributed by atoms with Crippen LogP contribution in [0.25, 0.3) is 0 Å². The van der Waals surface area contributed by atoms with Crippen molar-refractivity contribution in [2.24, 2.45) is 0 Å². The number of thiophene rings is 1. The molecule has 4 heterocycles. The first-order valence-electron chi connectivity index (χ1n) is 5.30. The molecule has 0 fully saturated rings. The van der Waals surface area contributed by atoms with Crippen LogP contribution in [-0.4, -0.2) is 20.2 Å². The van der Waals surface area contributed by atoms with Gasteiger partial charge in [0.05, 0.1) is 11.0 Å². The van der Waals surface area contributed by atoms with Crippen molar-refractivity contribution in [3.63, 3.8) is 0 Å². The lowest BCUT2D eigenvalue weighted by Gasteiger charge is -1.41. The van der Waals surface area contributed by atoms with Gasteiger partial charge in [-0.15, -0.1) is 44.2 Å². The minimum absolute atomic E-state index is 1.49. The van der Waals surface area contributed by atoms with Gasteiger partial charge < -0.3 is 0 Å². The molecular formula is C12H12N4S4. The molecule has 8 heteroatoms. The molecule has 0 aromatic carbocycles. The molecule has 0 N–H and O–H groups in total. The highest BCUT2D eigenvalue weighted by Gasteiger charge is 1.61. The first-order chi connectivity index (χ1) is 10.0. The average molecular weight is 341 g/mol. The highest BCUT2D eigenvalue weighted by molar-refractivity contribution is 7.08. The number of hydrogen-bond acceptors (Lipinski definition) is 8. The van der Waals surface area contributed by atoms with Gasteiger partial charge in [-0.25, -0.2) is 0 Å². The minimum atomic E-state index is 1.49. The van der Waals surface area contributed by atoms with Crippen LogP contribution >= 0.6 is 45.3 Å². The zero-order valence-electron chi connectivity index (χ0n) is 10.4. The maximum absolute atomic E-state index is 3.74. The van der Waals surface area contributed by atoms with E-state index in [2.05, 4.69) is 20.2 Å². The zero-order chi connectivity index (χ0) is 14.1. The fourth-order valence-electron chi connectivity index (χ4n) is 0.714. The second-order valence-corrected chi connectivity index (χ2v) is 5.74. The molecule has 20 heavy (non-hydrogen) atoms. The van der Waals surface area contributed by atoms with Gasteiger partial charge in [0.15, 0.2) is 0 Å². The van der Waals surface area contributed by atoms with Crippen molar-refractivity contribution >= 4 is 45.3 Å². The minimum Gasteiger partial charge on any atom is -0.253 e. The summed E-state index contributed by atoms with van der Waals surface area (Å²) in [7, 11) is 0. The van der Waals surface area contributed by atoms with Crippen molar-refractivity contribution in [2.75, 3.05) is 0 Å². The lowest BCUT2D eigenvalue weighted by molar-refractivity contribution is 1.09. The van der Waals surface area contributed by atoms with Gasteiger partial charge in [0, 0.05) is 23.2 Å². The normalized spacial score (nSPS) is 8.00. The summed E-state index contributed by atoms with van der Waals surface area (Å²) < 4.78 is 0. The molecule has 0 amide bonds. The van der Waals surface area contributed by atoms with Crippen LogP contribution in [0, 0.1) is 0 Å². The predicted molar refractivity (Wildman–Crippen MR) is 88.5 cm³/mol. The summed E-state index contributed by atoms with van der Waals surface area (Å²) in [6.45, 7) is 0. The Morgan fingerprint density at radius 2 is 1.05 bits per heavy atom. The number of nitrogens with zero attached hydrogens (tertiary/aromatic N) is 4. The van der Waals surface area contributed by atoms with E-state index < -0.39 is 0 Å². The Morgan fingerprint density at radius 3 is 1.20 bits per heavy atom. The van der Waals surface area contributed by atoms with Crippen LogP contribution in [0.15, 0.2) is 68.1 Å². The third-order valence-corrected chi connectivity index (χ3v) is 3.51. The van der Waals surface area contributed by atoms with E-state index in [1.165, 1.54) is 11.3 Å². The van der Waals surface area contributed by atoms with Crippen molar-refractivity contribution in [3.8, 4) is 0 Å². The van der Waals surface area contributed by atoms with Gasteiger partial charge in [0.2, 0.25) is 0 Å². The van der Waals surface area contributed by atoms with E-state index in [1.54, 1.807) is 68.4 Å². The Balaban J connectivity index is 0.000000133. The summed E-state index contributed by atoms with van der Waals surface area (Å²) in [5.74, 6) is 0. The molecule has 4 aromatic heterocycles. The maximum Gasteiger partial charge on any atom is 0.103 e. The van der Waals surface area contributed by atoms with Gasteiger partial charge in [-0.3, -0.25) is 9.97 Å². The third kappa shape index (κ3) is 11.6. The van der Waals surface area contributed by atoms with Crippen molar-refractivity contribution in [1.29, 1.82) is 0 Å². The number of hydrogen-bond donors (Lipinski definition) is 0. The van der Waals surface area contributed by atoms with Crippen LogP contribution in [0.3, 0.4) is 0 Å². The molecule has 0 bridgehead atoms. The van der Waals surface area contributed by atoms with Crippen molar-refractivity contribution in [2.45, 2.75) is 0 Å². The number of thiazole rings is 2. The van der Waals surface area contributed by atoms with Gasteiger partial charge in [0.25, 0.3) is 0 Å². The highest BCUT2D eigenvalue weighted by atomic mass is 32.1. The zero-order valence-corrected chi connectivity index (χ0v) is 13.6. The van der Waals surface area contributed by atoms with Gasteiger partial charge in [-0.05, 0) is 10.8 Å². The Hall–Kier alpha value is -1.48. The molecule has 0 atom stereocenters. The van der Waals surface area contributed by atoms with Gasteiger partial charge in [-0.2, -0.15) is 11.3 Å². The molecule has 4 rings (SSSR count). The summed E-state index contributed by atoms with van der Waals surface area (Å²) in [6.07, 6.45) is 3.54. The first kappa shape index (κ1) is 16.6. The maximum atomic E-state index is 3.74. The molecule has 104 valence electrons. The lowest BCUT2D eigenvalue weighted by Crippen LogP contribution is -1.53. The standard InChI is InChI=1S/C4H4S.2C3H3NS.C2H2N2S/c1-2-4-5-3-1;2*1-2-5-3-4-1;1-3-4-2-5-1/h1-4H;2*1-3H;1-2H. The van der Waals surface area contributed by atoms with E-state index in [0.29, 0.717) is 0 Å². The van der Waals surface area contributed by atoms with E-state index in [9.17, 15) is 0 Å². The van der Waals surface area contributed by atoms with Crippen LogP contribution in [0.1, 0.15) is 0 Å². The molecule has 0 radical (unpaired) electrons. The quantitative estimate of drug-likeness (QED) is 0.470. The summed E-state index contributed by atoms with van der Waals surface area (Å²) in [5, 5.41) is 14.9. The molecule has 4 aromatic rings. The lowest BCUT2D eigenvalue weighted by atomic mass is 10.7. The third-order valence-electron chi connectivity index (χ3n) is 1.40. The molecule has 0 unspecified atom stereocenters. The van der Waals surface area contributed by atoms with E-state index in [1.807, 2.05) is 33.7 Å². The molecular weight excluding hydrogens is 328 g/mol. The Labute approximate surface area is 133 Å². The Morgan fingerprint density at radius 1 is 0.500 bits per heavy atom. The van der Waals surface area contributed by atoms with Gasteiger partial charge >= 0.3 is 0 Å². The van der Waals surface area contributed by atoms with Crippen LogP contribution in [0.5, 0.6) is 0 Å². The summed E-state index contributed by atoms with van der Waals surface area (Å²) in [4.78, 5) is 7.48. The van der Waals surface area contributed by atoms with Crippen LogP contribution in [-0.2, 0) is 0 Å². The van der Waals surface area contributed by atoms with E-state index in [4.69, 9.17) is 0 Å². The average Bonchev–Trinajstić information content (AvgIpc) is 3.40. The Bertz CT molecular complexity index is 358. The van der Waals surface area contributed by atoms with Crippen LogP contribution in [0.4, 0.5) is 0 Å². The molecule has 4 nitrogen and oxygen atoms in total. The van der Waals surface area contributed by atoms with E-state index in [-0.39, 0.29) is 0 Å². The van der Waals surface area contributed by atoms with Crippen molar-refractivity contribution in [3.05, 3.63) is 68.1 Å². The number of aromatic nitrogens is 4. The molecule has 0 aliphatic heterocycles. The fraction of sp³-hybridized carbons (Fsp3) is 0.